The van der Waals surface area contributed by atoms with Crippen molar-refractivity contribution in [1.29, 1.82) is 0 Å². The van der Waals surface area contributed by atoms with Gasteiger partial charge in [-0.15, -0.1) is 11.3 Å². The molecule has 0 bridgehead atoms. The zero-order valence-corrected chi connectivity index (χ0v) is 11.4. The third kappa shape index (κ3) is 3.01. The number of anilines is 1. The van der Waals surface area contributed by atoms with Crippen LogP contribution in [0.5, 0.6) is 0 Å². The molecule has 0 radical (unpaired) electrons. The van der Waals surface area contributed by atoms with Gasteiger partial charge in [0.1, 0.15) is 4.88 Å². The molecule has 0 aliphatic carbocycles. The first kappa shape index (κ1) is 14.6. The summed E-state index contributed by atoms with van der Waals surface area (Å²) in [6.45, 7) is 1.65. The number of alkyl halides is 3. The quantitative estimate of drug-likeness (QED) is 0.868. The highest BCUT2D eigenvalue weighted by atomic mass is 32.1. The van der Waals surface area contributed by atoms with Crippen molar-refractivity contribution in [3.8, 4) is 11.1 Å². The molecule has 106 valence electrons. The Morgan fingerprint density at radius 2 is 1.90 bits per heavy atom. The highest BCUT2D eigenvalue weighted by molar-refractivity contribution is 7.11. The van der Waals surface area contributed by atoms with E-state index in [2.05, 4.69) is 5.32 Å². The van der Waals surface area contributed by atoms with E-state index in [1.54, 1.807) is 37.3 Å². The van der Waals surface area contributed by atoms with Gasteiger partial charge in [-0.05, 0) is 5.56 Å². The van der Waals surface area contributed by atoms with Gasteiger partial charge in [-0.3, -0.25) is 4.79 Å². The average Bonchev–Trinajstić information content (AvgIpc) is 2.83. The Hall–Kier alpha value is -1.82. The standard InChI is InChI=1S/C14H12F3NOS/c1-2-11(19)18-10-8-20-13(14(15,16)17)12(10)9-6-4-3-5-7-9/h3-8H,2H2,1H3,(H,18,19). The third-order valence-corrected chi connectivity index (χ3v) is 3.73. The van der Waals surface area contributed by atoms with Crippen LogP contribution in [-0.2, 0) is 11.0 Å². The molecule has 20 heavy (non-hydrogen) atoms. The van der Waals surface area contributed by atoms with E-state index in [9.17, 15) is 18.0 Å². The minimum atomic E-state index is -4.44. The summed E-state index contributed by atoms with van der Waals surface area (Å²) in [5.74, 6) is -0.311. The normalized spacial score (nSPS) is 11.4. The monoisotopic (exact) mass is 299 g/mol. The van der Waals surface area contributed by atoms with Crippen LogP contribution in [0.4, 0.5) is 18.9 Å². The van der Waals surface area contributed by atoms with E-state index in [4.69, 9.17) is 0 Å². The summed E-state index contributed by atoms with van der Waals surface area (Å²) >= 11 is 0.591. The Labute approximate surface area is 118 Å². The maximum absolute atomic E-state index is 13.1. The number of hydrogen-bond acceptors (Lipinski definition) is 2. The molecule has 2 aromatic rings. The lowest BCUT2D eigenvalue weighted by Gasteiger charge is -2.11. The van der Waals surface area contributed by atoms with Gasteiger partial charge in [0, 0.05) is 17.4 Å². The summed E-state index contributed by atoms with van der Waals surface area (Å²) in [5.41, 5.74) is 0.678. The van der Waals surface area contributed by atoms with Crippen molar-refractivity contribution >= 4 is 22.9 Å². The molecule has 0 unspecified atom stereocenters. The Morgan fingerprint density at radius 1 is 1.25 bits per heavy atom. The van der Waals surface area contributed by atoms with Crippen LogP contribution in [0.15, 0.2) is 35.7 Å². The Kier molecular flexibility index (Phi) is 4.13. The smallest absolute Gasteiger partial charge is 0.325 e. The molecule has 2 rings (SSSR count). The van der Waals surface area contributed by atoms with Crippen molar-refractivity contribution in [3.63, 3.8) is 0 Å². The van der Waals surface area contributed by atoms with Gasteiger partial charge in [0.15, 0.2) is 0 Å². The molecule has 0 saturated heterocycles. The fourth-order valence-electron chi connectivity index (χ4n) is 1.79. The van der Waals surface area contributed by atoms with Gasteiger partial charge in [-0.25, -0.2) is 0 Å². The number of halogens is 3. The first-order valence-corrected chi connectivity index (χ1v) is 6.85. The summed E-state index contributed by atoms with van der Waals surface area (Å²) in [4.78, 5) is 10.7. The van der Waals surface area contributed by atoms with Crippen LogP contribution in [0.25, 0.3) is 11.1 Å². The maximum Gasteiger partial charge on any atom is 0.426 e. The highest BCUT2D eigenvalue weighted by Crippen LogP contribution is 2.45. The number of amides is 1. The van der Waals surface area contributed by atoms with Crippen LogP contribution in [0, 0.1) is 0 Å². The fraction of sp³-hybridized carbons (Fsp3) is 0.214. The largest absolute Gasteiger partial charge is 0.426 e. The summed E-state index contributed by atoms with van der Waals surface area (Å²) in [6, 6.07) is 8.25. The second kappa shape index (κ2) is 5.66. The molecule has 0 atom stereocenters. The minimum Gasteiger partial charge on any atom is -0.325 e. The van der Waals surface area contributed by atoms with Gasteiger partial charge < -0.3 is 5.32 Å². The van der Waals surface area contributed by atoms with E-state index in [0.717, 1.165) is 0 Å². The Morgan fingerprint density at radius 3 is 2.45 bits per heavy atom. The summed E-state index contributed by atoms with van der Waals surface area (Å²) < 4.78 is 39.2. The molecule has 0 aliphatic heterocycles. The van der Waals surface area contributed by atoms with E-state index >= 15 is 0 Å². The molecule has 1 N–H and O–H groups in total. The molecule has 0 spiro atoms. The van der Waals surface area contributed by atoms with E-state index in [1.165, 1.54) is 5.38 Å². The van der Waals surface area contributed by atoms with E-state index in [0.29, 0.717) is 16.9 Å². The fourth-order valence-corrected chi connectivity index (χ4v) is 2.68. The van der Waals surface area contributed by atoms with Crippen LogP contribution in [0.1, 0.15) is 18.2 Å². The number of carbonyl (C=O) groups is 1. The molecule has 6 heteroatoms. The zero-order chi connectivity index (χ0) is 14.8. The molecule has 2 nitrogen and oxygen atoms in total. The van der Waals surface area contributed by atoms with Crippen LogP contribution in [0.3, 0.4) is 0 Å². The van der Waals surface area contributed by atoms with Crippen LogP contribution in [0.2, 0.25) is 0 Å². The van der Waals surface area contributed by atoms with Gasteiger partial charge in [0.2, 0.25) is 5.91 Å². The number of hydrogen-bond donors (Lipinski definition) is 1. The first-order valence-electron chi connectivity index (χ1n) is 5.97. The number of nitrogens with one attached hydrogen (secondary N) is 1. The summed E-state index contributed by atoms with van der Waals surface area (Å²) in [5, 5.41) is 3.85. The Bertz CT molecular complexity index is 605. The predicted molar refractivity (Wildman–Crippen MR) is 73.7 cm³/mol. The molecule has 1 aromatic heterocycles. The van der Waals surface area contributed by atoms with E-state index in [1.807, 2.05) is 0 Å². The average molecular weight is 299 g/mol. The van der Waals surface area contributed by atoms with Gasteiger partial charge in [-0.2, -0.15) is 13.2 Å². The minimum absolute atomic E-state index is 0.0323. The maximum atomic E-state index is 13.1. The summed E-state index contributed by atoms with van der Waals surface area (Å²) in [7, 11) is 0. The lowest BCUT2D eigenvalue weighted by Crippen LogP contribution is -2.10. The van der Waals surface area contributed by atoms with Crippen molar-refractivity contribution in [2.24, 2.45) is 0 Å². The molecule has 0 saturated carbocycles. The van der Waals surface area contributed by atoms with Gasteiger partial charge in [-0.1, -0.05) is 37.3 Å². The number of benzene rings is 1. The second-order valence-corrected chi connectivity index (χ2v) is 5.00. The summed E-state index contributed by atoms with van der Waals surface area (Å²) in [6.07, 6.45) is -4.23. The molecule has 1 amide bonds. The predicted octanol–water partition coefficient (Wildman–Crippen LogP) is 4.78. The first-order chi connectivity index (χ1) is 9.43. The Balaban J connectivity index is 2.55. The van der Waals surface area contributed by atoms with Crippen molar-refractivity contribution in [2.75, 3.05) is 5.32 Å². The molecular formula is C14H12F3NOS. The van der Waals surface area contributed by atoms with E-state index < -0.39 is 11.1 Å². The van der Waals surface area contributed by atoms with Crippen molar-refractivity contribution in [1.82, 2.24) is 0 Å². The molecule has 0 fully saturated rings. The lowest BCUT2D eigenvalue weighted by molar-refractivity contribution is -0.133. The van der Waals surface area contributed by atoms with Gasteiger partial charge in [0.05, 0.1) is 5.69 Å². The van der Waals surface area contributed by atoms with Crippen LogP contribution >= 0.6 is 11.3 Å². The van der Waals surface area contributed by atoms with Crippen LogP contribution in [-0.4, -0.2) is 5.91 Å². The highest BCUT2D eigenvalue weighted by Gasteiger charge is 2.37. The number of carbonyl (C=O) groups excluding carboxylic acids is 1. The number of thiophene rings is 1. The molecule has 0 aliphatic rings. The third-order valence-electron chi connectivity index (χ3n) is 2.71. The molecule has 1 aromatic carbocycles. The number of rotatable bonds is 3. The van der Waals surface area contributed by atoms with Crippen LogP contribution < -0.4 is 5.32 Å². The van der Waals surface area contributed by atoms with Crippen molar-refractivity contribution in [3.05, 3.63) is 40.6 Å². The van der Waals surface area contributed by atoms with Gasteiger partial charge in [0.25, 0.3) is 0 Å². The van der Waals surface area contributed by atoms with Crippen molar-refractivity contribution in [2.45, 2.75) is 19.5 Å². The molecular weight excluding hydrogens is 287 g/mol. The van der Waals surface area contributed by atoms with E-state index in [-0.39, 0.29) is 23.6 Å². The van der Waals surface area contributed by atoms with Gasteiger partial charge >= 0.3 is 6.18 Å². The SMILES string of the molecule is CCC(=O)Nc1csc(C(F)(F)F)c1-c1ccccc1. The zero-order valence-electron chi connectivity index (χ0n) is 10.6. The lowest BCUT2D eigenvalue weighted by atomic mass is 10.0. The molecule has 1 heterocycles. The topological polar surface area (TPSA) is 29.1 Å². The van der Waals surface area contributed by atoms with Crippen molar-refractivity contribution < 1.29 is 18.0 Å². The second-order valence-electron chi connectivity index (χ2n) is 4.12.